The summed E-state index contributed by atoms with van der Waals surface area (Å²) in [5.74, 6) is 1.24. The second kappa shape index (κ2) is 9.73. The molecule has 27 heavy (non-hydrogen) atoms. The predicted octanol–water partition coefficient (Wildman–Crippen LogP) is 1.97. The molecule has 0 saturated carbocycles. The highest BCUT2D eigenvalue weighted by molar-refractivity contribution is 7.09. The highest BCUT2D eigenvalue weighted by atomic mass is 32.1. The molecule has 2 aromatic rings. The molecule has 0 spiro atoms. The number of amides is 1. The van der Waals surface area contributed by atoms with Crippen molar-refractivity contribution in [3.05, 3.63) is 40.6 Å². The summed E-state index contributed by atoms with van der Waals surface area (Å²) < 4.78 is 16.4. The van der Waals surface area contributed by atoms with Crippen molar-refractivity contribution in [3.8, 4) is 11.5 Å². The molecule has 2 atom stereocenters. The van der Waals surface area contributed by atoms with Crippen molar-refractivity contribution in [2.24, 2.45) is 0 Å². The van der Waals surface area contributed by atoms with Crippen LogP contribution in [-0.2, 0) is 16.1 Å². The minimum atomic E-state index is -0.0499. The molecule has 1 unspecified atom stereocenters. The lowest BCUT2D eigenvalue weighted by molar-refractivity contribution is -0.908. The van der Waals surface area contributed by atoms with Gasteiger partial charge in [0.2, 0.25) is 0 Å². The molecule has 7 heteroatoms. The normalized spacial score (nSPS) is 17.5. The molecule has 6 nitrogen and oxygen atoms in total. The van der Waals surface area contributed by atoms with E-state index in [1.54, 1.807) is 43.8 Å². The Morgan fingerprint density at radius 1 is 1.33 bits per heavy atom. The van der Waals surface area contributed by atoms with Gasteiger partial charge in [0.15, 0.2) is 6.54 Å². The third-order valence-corrected chi connectivity index (χ3v) is 5.51. The van der Waals surface area contributed by atoms with Gasteiger partial charge in [0.25, 0.3) is 5.91 Å². The van der Waals surface area contributed by atoms with Crippen molar-refractivity contribution in [1.82, 2.24) is 0 Å². The molecule has 2 N–H and O–H groups in total. The topological polar surface area (TPSA) is 61.2 Å². The smallest absolute Gasteiger partial charge is 0.279 e. The molecule has 0 bridgehead atoms. The van der Waals surface area contributed by atoms with Crippen LogP contribution in [0.4, 0.5) is 5.69 Å². The number of methoxy groups -OCH3 is 2. The van der Waals surface area contributed by atoms with Crippen LogP contribution in [0.3, 0.4) is 0 Å². The number of ether oxygens (including phenoxy) is 3. The van der Waals surface area contributed by atoms with Gasteiger partial charge in [-0.25, -0.2) is 0 Å². The Labute approximate surface area is 164 Å². The fourth-order valence-electron chi connectivity index (χ4n) is 3.33. The molecule has 3 rings (SSSR count). The van der Waals surface area contributed by atoms with E-state index in [1.807, 2.05) is 6.07 Å². The lowest BCUT2D eigenvalue weighted by atomic mass is 10.2. The van der Waals surface area contributed by atoms with Gasteiger partial charge in [-0.2, -0.15) is 0 Å². The summed E-state index contributed by atoms with van der Waals surface area (Å²) in [6.45, 7) is 2.85. The fourth-order valence-corrected chi connectivity index (χ4v) is 4.10. The van der Waals surface area contributed by atoms with Crippen LogP contribution in [0.2, 0.25) is 0 Å². The van der Waals surface area contributed by atoms with E-state index < -0.39 is 0 Å². The summed E-state index contributed by atoms with van der Waals surface area (Å²) in [4.78, 5) is 15.2. The Morgan fingerprint density at radius 3 is 2.89 bits per heavy atom. The standard InChI is InChI=1S/C20H26N2O4S/c1-24-15-7-8-19(25-2)18(11-15)21-20(23)14-22(12-16-5-3-9-26-16)13-17-6-4-10-27-17/h4,6-8,10-11,16H,3,5,9,12-14H2,1-2H3,(H,21,23)/p+1/t16-/m1/s1. The minimum Gasteiger partial charge on any atom is -0.497 e. The van der Waals surface area contributed by atoms with Gasteiger partial charge in [-0.15, -0.1) is 11.3 Å². The van der Waals surface area contributed by atoms with Crippen molar-refractivity contribution < 1.29 is 23.9 Å². The van der Waals surface area contributed by atoms with E-state index in [1.165, 1.54) is 9.78 Å². The number of carbonyl (C=O) groups excluding carboxylic acids is 1. The van der Waals surface area contributed by atoms with Crippen LogP contribution in [0, 0.1) is 0 Å². The first-order chi connectivity index (χ1) is 13.2. The second-order valence-electron chi connectivity index (χ2n) is 6.64. The number of rotatable bonds is 9. The molecular formula is C20H27N2O4S+. The first kappa shape index (κ1) is 19.7. The van der Waals surface area contributed by atoms with E-state index in [0.717, 1.165) is 32.5 Å². The molecule has 1 amide bonds. The van der Waals surface area contributed by atoms with Crippen LogP contribution in [0.5, 0.6) is 11.5 Å². The van der Waals surface area contributed by atoms with Crippen molar-refractivity contribution in [3.63, 3.8) is 0 Å². The van der Waals surface area contributed by atoms with Crippen LogP contribution in [0.25, 0.3) is 0 Å². The maximum absolute atomic E-state index is 12.7. The third kappa shape index (κ3) is 5.69. The molecule has 0 radical (unpaired) electrons. The van der Waals surface area contributed by atoms with Crippen LogP contribution in [-0.4, -0.2) is 45.9 Å². The lowest BCUT2D eigenvalue weighted by Gasteiger charge is -2.22. The van der Waals surface area contributed by atoms with Crippen LogP contribution in [0.15, 0.2) is 35.7 Å². The zero-order valence-electron chi connectivity index (χ0n) is 15.8. The zero-order valence-corrected chi connectivity index (χ0v) is 16.6. The zero-order chi connectivity index (χ0) is 19.1. The Hall–Kier alpha value is -2.09. The Balaban J connectivity index is 1.66. The number of benzene rings is 1. The van der Waals surface area contributed by atoms with Gasteiger partial charge < -0.3 is 24.4 Å². The van der Waals surface area contributed by atoms with E-state index in [9.17, 15) is 4.79 Å². The van der Waals surface area contributed by atoms with Gasteiger partial charge in [0.1, 0.15) is 30.7 Å². The van der Waals surface area contributed by atoms with Crippen LogP contribution in [0.1, 0.15) is 17.7 Å². The quantitative estimate of drug-likeness (QED) is 0.686. The molecule has 1 aliphatic rings. The molecule has 1 saturated heterocycles. The summed E-state index contributed by atoms with van der Waals surface area (Å²) in [5.41, 5.74) is 0.620. The van der Waals surface area contributed by atoms with Crippen molar-refractivity contribution in [2.45, 2.75) is 25.5 Å². The van der Waals surface area contributed by atoms with Gasteiger partial charge >= 0.3 is 0 Å². The first-order valence-corrected chi connectivity index (χ1v) is 10.1. The summed E-state index contributed by atoms with van der Waals surface area (Å²) in [6.07, 6.45) is 2.41. The molecular weight excluding hydrogens is 364 g/mol. The number of anilines is 1. The monoisotopic (exact) mass is 391 g/mol. The third-order valence-electron chi connectivity index (χ3n) is 4.64. The van der Waals surface area contributed by atoms with Crippen molar-refractivity contribution in [2.75, 3.05) is 39.2 Å². The molecule has 0 aliphatic carbocycles. The summed E-state index contributed by atoms with van der Waals surface area (Å²) >= 11 is 1.72. The summed E-state index contributed by atoms with van der Waals surface area (Å²) in [7, 11) is 3.19. The molecule has 2 heterocycles. The number of hydrogen-bond donors (Lipinski definition) is 2. The first-order valence-electron chi connectivity index (χ1n) is 9.17. The fraction of sp³-hybridized carbons (Fsp3) is 0.450. The van der Waals surface area contributed by atoms with Gasteiger partial charge in [-0.1, -0.05) is 6.07 Å². The maximum atomic E-state index is 12.7. The van der Waals surface area contributed by atoms with Gasteiger partial charge in [-0.3, -0.25) is 4.79 Å². The number of thiophene rings is 1. The lowest BCUT2D eigenvalue weighted by Crippen LogP contribution is -3.12. The largest absolute Gasteiger partial charge is 0.497 e. The van der Waals surface area contributed by atoms with E-state index in [-0.39, 0.29) is 12.0 Å². The molecule has 1 fully saturated rings. The average Bonchev–Trinajstić information content (AvgIpc) is 3.35. The number of hydrogen-bond acceptors (Lipinski definition) is 5. The van der Waals surface area contributed by atoms with Crippen LogP contribution >= 0.6 is 11.3 Å². The number of carbonyl (C=O) groups is 1. The van der Waals surface area contributed by atoms with Gasteiger partial charge in [-0.05, 0) is 36.4 Å². The SMILES string of the molecule is COc1ccc(OC)c(NC(=O)C[NH+](Cc2cccs2)C[C@H]2CCCO2)c1. The van der Waals surface area contributed by atoms with Gasteiger partial charge in [0, 0.05) is 12.7 Å². The van der Waals surface area contributed by atoms with E-state index >= 15 is 0 Å². The molecule has 1 aromatic carbocycles. The highest BCUT2D eigenvalue weighted by Gasteiger charge is 2.24. The van der Waals surface area contributed by atoms with E-state index in [4.69, 9.17) is 14.2 Å². The van der Waals surface area contributed by atoms with Crippen molar-refractivity contribution >= 4 is 22.9 Å². The van der Waals surface area contributed by atoms with E-state index in [0.29, 0.717) is 23.7 Å². The Kier molecular flexibility index (Phi) is 7.09. The maximum Gasteiger partial charge on any atom is 0.279 e. The summed E-state index contributed by atoms with van der Waals surface area (Å²) in [6, 6.07) is 9.53. The van der Waals surface area contributed by atoms with Crippen molar-refractivity contribution in [1.29, 1.82) is 0 Å². The predicted molar refractivity (Wildman–Crippen MR) is 106 cm³/mol. The number of nitrogens with one attached hydrogen (secondary N) is 2. The Morgan fingerprint density at radius 2 is 2.22 bits per heavy atom. The molecule has 146 valence electrons. The van der Waals surface area contributed by atoms with E-state index in [2.05, 4.69) is 16.8 Å². The van der Waals surface area contributed by atoms with Gasteiger partial charge in [0.05, 0.1) is 24.8 Å². The summed E-state index contributed by atoms with van der Waals surface area (Å²) in [5, 5.41) is 5.04. The Bertz CT molecular complexity index is 730. The van der Waals surface area contributed by atoms with Crippen LogP contribution < -0.4 is 19.7 Å². The molecule has 1 aliphatic heterocycles. The number of quaternary nitrogens is 1. The highest BCUT2D eigenvalue weighted by Crippen LogP contribution is 2.28. The minimum absolute atomic E-state index is 0.0499. The average molecular weight is 392 g/mol. The molecule has 1 aromatic heterocycles. The second-order valence-corrected chi connectivity index (χ2v) is 7.67.